The van der Waals surface area contributed by atoms with Crippen molar-refractivity contribution in [1.29, 1.82) is 5.26 Å². The van der Waals surface area contributed by atoms with Crippen LogP contribution in [0.5, 0.6) is 0 Å². The Balaban J connectivity index is 3.07. The molecule has 1 aromatic heterocycles. The van der Waals surface area contributed by atoms with Gasteiger partial charge in [-0.05, 0) is 13.8 Å². The van der Waals surface area contributed by atoms with E-state index in [-0.39, 0.29) is 0 Å². The summed E-state index contributed by atoms with van der Waals surface area (Å²) >= 11 is 0. The number of nitriles is 1. The predicted molar refractivity (Wildman–Crippen MR) is 37.4 cm³/mol. The summed E-state index contributed by atoms with van der Waals surface area (Å²) in [5, 5.41) is 8.45. The Morgan fingerprint density at radius 3 is 2.80 bits per heavy atom. The van der Waals surface area contributed by atoms with Crippen molar-refractivity contribution in [3.63, 3.8) is 0 Å². The zero-order valence-corrected chi connectivity index (χ0v) is 6.13. The van der Waals surface area contributed by atoms with Gasteiger partial charge in [-0.2, -0.15) is 5.26 Å². The smallest absolute Gasteiger partial charge is 0.158 e. The van der Waals surface area contributed by atoms with Gasteiger partial charge in [0, 0.05) is 12.7 Å². The fraction of sp³-hybridized carbons (Fsp3) is 0.429. The average molecular weight is 135 g/mol. The van der Waals surface area contributed by atoms with Crippen molar-refractivity contribution in [2.45, 2.75) is 20.4 Å². The Bertz CT molecular complexity index is 267. The van der Waals surface area contributed by atoms with Gasteiger partial charge in [-0.25, -0.2) is 4.98 Å². The van der Waals surface area contributed by atoms with Crippen LogP contribution in [0.1, 0.15) is 18.4 Å². The van der Waals surface area contributed by atoms with E-state index in [0.717, 1.165) is 12.4 Å². The molecule has 0 spiro atoms. The Hall–Kier alpha value is -1.30. The molecule has 0 fully saturated rings. The number of aromatic nitrogens is 2. The molecule has 0 saturated heterocycles. The third-order valence-electron chi connectivity index (χ3n) is 1.43. The van der Waals surface area contributed by atoms with Gasteiger partial charge in [-0.1, -0.05) is 0 Å². The molecule has 1 heterocycles. The van der Waals surface area contributed by atoms with E-state index in [1.807, 2.05) is 24.5 Å². The molecule has 0 amide bonds. The second-order valence-corrected chi connectivity index (χ2v) is 2.07. The number of aryl methyl sites for hydroxylation is 2. The molecule has 0 atom stereocenters. The van der Waals surface area contributed by atoms with Crippen molar-refractivity contribution in [3.05, 3.63) is 17.7 Å². The van der Waals surface area contributed by atoms with Gasteiger partial charge in [-0.15, -0.1) is 0 Å². The molecule has 0 aliphatic rings. The molecule has 0 aliphatic heterocycles. The fourth-order valence-corrected chi connectivity index (χ4v) is 0.882. The lowest BCUT2D eigenvalue weighted by molar-refractivity contribution is 0.730. The average Bonchev–Trinajstić information content (AvgIpc) is 2.30. The zero-order valence-electron chi connectivity index (χ0n) is 6.13. The lowest BCUT2D eigenvalue weighted by Gasteiger charge is -1.95. The number of rotatable bonds is 1. The number of hydrogen-bond acceptors (Lipinski definition) is 2. The van der Waals surface area contributed by atoms with E-state index in [9.17, 15) is 0 Å². The Labute approximate surface area is 59.9 Å². The van der Waals surface area contributed by atoms with E-state index < -0.39 is 0 Å². The summed E-state index contributed by atoms with van der Waals surface area (Å²) < 4.78 is 1.94. The van der Waals surface area contributed by atoms with Gasteiger partial charge >= 0.3 is 0 Å². The van der Waals surface area contributed by atoms with Crippen molar-refractivity contribution in [1.82, 2.24) is 9.55 Å². The highest BCUT2D eigenvalue weighted by molar-refractivity contribution is 5.18. The van der Waals surface area contributed by atoms with E-state index in [4.69, 9.17) is 5.26 Å². The highest BCUT2D eigenvalue weighted by atomic mass is 15.1. The van der Waals surface area contributed by atoms with Gasteiger partial charge in [0.25, 0.3) is 0 Å². The van der Waals surface area contributed by atoms with Crippen LogP contribution in [0, 0.1) is 18.3 Å². The van der Waals surface area contributed by atoms with Crippen LogP contribution in [0.2, 0.25) is 0 Å². The third-order valence-corrected chi connectivity index (χ3v) is 1.43. The van der Waals surface area contributed by atoms with Crippen molar-refractivity contribution in [2.75, 3.05) is 0 Å². The van der Waals surface area contributed by atoms with E-state index in [1.54, 1.807) is 6.20 Å². The van der Waals surface area contributed by atoms with Gasteiger partial charge in [0.15, 0.2) is 5.69 Å². The Morgan fingerprint density at radius 2 is 2.50 bits per heavy atom. The number of nitrogens with zero attached hydrogens (tertiary/aromatic N) is 3. The maximum Gasteiger partial charge on any atom is 0.158 e. The van der Waals surface area contributed by atoms with E-state index in [2.05, 4.69) is 4.98 Å². The first-order valence-electron chi connectivity index (χ1n) is 3.21. The molecule has 0 unspecified atom stereocenters. The van der Waals surface area contributed by atoms with Crippen LogP contribution in [0.4, 0.5) is 0 Å². The second-order valence-electron chi connectivity index (χ2n) is 2.07. The second kappa shape index (κ2) is 2.53. The standard InChI is InChI=1S/C7H9N3/c1-3-10-5-7(4-8)9-6(10)2/h5H,3H2,1-2H3. The molecule has 0 aliphatic carbocycles. The summed E-state index contributed by atoms with van der Waals surface area (Å²) in [7, 11) is 0. The topological polar surface area (TPSA) is 41.6 Å². The molecule has 10 heavy (non-hydrogen) atoms. The van der Waals surface area contributed by atoms with Gasteiger partial charge < -0.3 is 4.57 Å². The van der Waals surface area contributed by atoms with Gasteiger partial charge in [0.2, 0.25) is 0 Å². The van der Waals surface area contributed by atoms with Crippen molar-refractivity contribution < 1.29 is 0 Å². The first kappa shape index (κ1) is 6.81. The first-order chi connectivity index (χ1) is 4.77. The minimum absolute atomic E-state index is 0.499. The van der Waals surface area contributed by atoms with Crippen LogP contribution in [-0.2, 0) is 6.54 Å². The molecule has 0 bridgehead atoms. The molecule has 0 N–H and O–H groups in total. The Kier molecular flexibility index (Phi) is 1.72. The van der Waals surface area contributed by atoms with Crippen LogP contribution < -0.4 is 0 Å². The molecule has 0 radical (unpaired) electrons. The summed E-state index contributed by atoms with van der Waals surface area (Å²) in [6.45, 7) is 4.79. The minimum atomic E-state index is 0.499. The van der Waals surface area contributed by atoms with Gasteiger partial charge in [0.1, 0.15) is 11.9 Å². The summed E-state index contributed by atoms with van der Waals surface area (Å²) in [5.41, 5.74) is 0.499. The maximum absolute atomic E-state index is 8.45. The maximum atomic E-state index is 8.45. The summed E-state index contributed by atoms with van der Waals surface area (Å²) in [6, 6.07) is 1.99. The number of hydrogen-bond donors (Lipinski definition) is 0. The molecule has 1 aromatic rings. The van der Waals surface area contributed by atoms with Crippen LogP contribution in [0.25, 0.3) is 0 Å². The lowest BCUT2D eigenvalue weighted by Crippen LogP contribution is -1.93. The normalized spacial score (nSPS) is 9.30. The fourth-order valence-electron chi connectivity index (χ4n) is 0.882. The molecule has 0 aromatic carbocycles. The van der Waals surface area contributed by atoms with Crippen LogP contribution >= 0.6 is 0 Å². The molecular weight excluding hydrogens is 126 g/mol. The molecule has 0 saturated carbocycles. The molecule has 3 nitrogen and oxygen atoms in total. The van der Waals surface area contributed by atoms with Crippen molar-refractivity contribution in [3.8, 4) is 6.07 Å². The van der Waals surface area contributed by atoms with Crippen LogP contribution in [0.3, 0.4) is 0 Å². The summed E-state index contributed by atoms with van der Waals surface area (Å²) in [6.07, 6.45) is 1.76. The molecular formula is C7H9N3. The first-order valence-corrected chi connectivity index (χ1v) is 3.21. The summed E-state index contributed by atoms with van der Waals surface area (Å²) in [5.74, 6) is 0.902. The Morgan fingerprint density at radius 1 is 1.80 bits per heavy atom. The van der Waals surface area contributed by atoms with Crippen molar-refractivity contribution in [2.24, 2.45) is 0 Å². The lowest BCUT2D eigenvalue weighted by atomic mass is 10.5. The quantitative estimate of drug-likeness (QED) is 0.578. The predicted octanol–water partition coefficient (Wildman–Crippen LogP) is 1.08. The van der Waals surface area contributed by atoms with Crippen LogP contribution in [-0.4, -0.2) is 9.55 Å². The highest BCUT2D eigenvalue weighted by Gasteiger charge is 1.98. The van der Waals surface area contributed by atoms with Crippen LogP contribution in [0.15, 0.2) is 6.20 Å². The third kappa shape index (κ3) is 1.01. The monoisotopic (exact) mass is 135 g/mol. The SMILES string of the molecule is CCn1cc(C#N)nc1C. The van der Waals surface area contributed by atoms with Gasteiger partial charge in [-0.3, -0.25) is 0 Å². The molecule has 3 heteroatoms. The highest BCUT2D eigenvalue weighted by Crippen LogP contribution is 1.99. The molecule has 1 rings (SSSR count). The largest absolute Gasteiger partial charge is 0.334 e. The number of imidazole rings is 1. The molecule has 52 valence electrons. The summed E-state index contributed by atoms with van der Waals surface area (Å²) in [4.78, 5) is 4.00. The van der Waals surface area contributed by atoms with Crippen molar-refractivity contribution >= 4 is 0 Å². The van der Waals surface area contributed by atoms with Gasteiger partial charge in [0.05, 0.1) is 0 Å². The van der Waals surface area contributed by atoms with E-state index >= 15 is 0 Å². The van der Waals surface area contributed by atoms with E-state index in [0.29, 0.717) is 5.69 Å². The minimum Gasteiger partial charge on any atom is -0.334 e. The zero-order chi connectivity index (χ0) is 7.56. The van der Waals surface area contributed by atoms with E-state index in [1.165, 1.54) is 0 Å².